The van der Waals surface area contributed by atoms with E-state index in [1.807, 2.05) is 67.6 Å². The molecule has 0 atom stereocenters. The van der Waals surface area contributed by atoms with E-state index >= 15 is 0 Å². The number of aryl methyl sites for hydroxylation is 1. The summed E-state index contributed by atoms with van der Waals surface area (Å²) in [7, 11) is -3.88. The van der Waals surface area contributed by atoms with Crippen molar-refractivity contribution in [3.05, 3.63) is 131 Å². The molecule has 7 nitrogen and oxygen atoms in total. The lowest BCUT2D eigenvalue weighted by Gasteiger charge is -2.29. The summed E-state index contributed by atoms with van der Waals surface area (Å²) in [4.78, 5) is 20.5. The van der Waals surface area contributed by atoms with Crippen LogP contribution in [0.5, 0.6) is 0 Å². The molecule has 0 bridgehead atoms. The maximum Gasteiger partial charge on any atom is 0.259 e. The zero-order valence-electron chi connectivity index (χ0n) is 23.6. The standard InChI is InChI=1S/C33H30N4O3S2/c1-24-21-28(17-20-30(24)34-4)36-31(38)33(2,3)37(32(36)41)27-15-18-29(19-16-27)42(39,40)35(22-25-11-7-5-8-12-25)23-26-13-9-6-10-14-26/h5-21H,22-23H2,1-3H3. The van der Waals surface area contributed by atoms with E-state index in [1.165, 1.54) is 9.21 Å². The molecule has 1 aliphatic heterocycles. The van der Waals surface area contributed by atoms with Crippen LogP contribution in [0.1, 0.15) is 30.5 Å². The number of amides is 1. The second kappa shape index (κ2) is 11.5. The summed E-state index contributed by atoms with van der Waals surface area (Å²) in [5.74, 6) is -0.212. The fourth-order valence-corrected chi connectivity index (χ4v) is 7.01. The van der Waals surface area contributed by atoms with Gasteiger partial charge in [0.05, 0.1) is 11.5 Å². The zero-order chi connectivity index (χ0) is 30.1. The molecule has 42 heavy (non-hydrogen) atoms. The molecule has 0 aromatic heterocycles. The topological polar surface area (TPSA) is 65.3 Å². The van der Waals surface area contributed by atoms with Gasteiger partial charge in [0.2, 0.25) is 10.0 Å². The average molecular weight is 595 g/mol. The molecule has 5 rings (SSSR count). The molecule has 0 unspecified atom stereocenters. The first-order valence-corrected chi connectivity index (χ1v) is 15.2. The Labute approximate surface area is 252 Å². The van der Waals surface area contributed by atoms with Crippen molar-refractivity contribution in [2.75, 3.05) is 9.80 Å². The summed E-state index contributed by atoms with van der Waals surface area (Å²) in [5, 5.41) is 0.283. The van der Waals surface area contributed by atoms with Gasteiger partial charge in [-0.2, -0.15) is 4.31 Å². The summed E-state index contributed by atoms with van der Waals surface area (Å²) in [5.41, 5.74) is 3.20. The molecule has 0 radical (unpaired) electrons. The molecule has 212 valence electrons. The van der Waals surface area contributed by atoms with Crippen molar-refractivity contribution in [1.29, 1.82) is 0 Å². The van der Waals surface area contributed by atoms with Crippen LogP contribution in [0.4, 0.5) is 17.1 Å². The van der Waals surface area contributed by atoms with Crippen molar-refractivity contribution >= 4 is 50.3 Å². The predicted octanol–water partition coefficient (Wildman–Crippen LogP) is 6.85. The summed E-state index contributed by atoms with van der Waals surface area (Å²) >= 11 is 5.79. The van der Waals surface area contributed by atoms with E-state index in [9.17, 15) is 13.2 Å². The number of carbonyl (C=O) groups excluding carboxylic acids is 1. The smallest absolute Gasteiger partial charge is 0.259 e. The normalized spacial score (nSPS) is 14.8. The Morgan fingerprint density at radius 3 is 1.86 bits per heavy atom. The second-order valence-corrected chi connectivity index (χ2v) is 12.9. The molecule has 9 heteroatoms. The summed E-state index contributed by atoms with van der Waals surface area (Å²) < 4.78 is 29.4. The van der Waals surface area contributed by atoms with Gasteiger partial charge in [0, 0.05) is 24.5 Å². The van der Waals surface area contributed by atoms with Crippen molar-refractivity contribution in [3.8, 4) is 0 Å². The minimum atomic E-state index is -3.88. The van der Waals surface area contributed by atoms with Gasteiger partial charge < -0.3 is 4.90 Å². The Kier molecular flexibility index (Phi) is 7.97. The number of hydrogen-bond donors (Lipinski definition) is 0. The second-order valence-electron chi connectivity index (χ2n) is 10.6. The van der Waals surface area contributed by atoms with E-state index in [1.54, 1.807) is 61.2 Å². The van der Waals surface area contributed by atoms with Gasteiger partial charge in [-0.15, -0.1) is 0 Å². The average Bonchev–Trinajstić information content (AvgIpc) is 3.16. The zero-order valence-corrected chi connectivity index (χ0v) is 25.2. The maximum absolute atomic E-state index is 13.9. The van der Waals surface area contributed by atoms with E-state index in [0.717, 1.165) is 16.7 Å². The van der Waals surface area contributed by atoms with Gasteiger partial charge >= 0.3 is 0 Å². The van der Waals surface area contributed by atoms with Crippen LogP contribution >= 0.6 is 12.2 Å². The third-order valence-corrected chi connectivity index (χ3v) is 9.53. The third-order valence-electron chi connectivity index (χ3n) is 7.36. The number of thiocarbonyl (C=S) groups is 1. The number of nitrogens with zero attached hydrogens (tertiary/aromatic N) is 4. The van der Waals surface area contributed by atoms with E-state index < -0.39 is 15.6 Å². The van der Waals surface area contributed by atoms with Crippen molar-refractivity contribution < 1.29 is 13.2 Å². The molecular weight excluding hydrogens is 565 g/mol. The number of carbonyl (C=O) groups is 1. The Morgan fingerprint density at radius 2 is 1.36 bits per heavy atom. The van der Waals surface area contributed by atoms with Crippen molar-refractivity contribution in [2.24, 2.45) is 0 Å². The SMILES string of the molecule is [C-]#[N+]c1ccc(N2C(=O)C(C)(C)N(c3ccc(S(=O)(=O)N(Cc4ccccc4)Cc4ccccc4)cc3)C2=S)cc1C. The van der Waals surface area contributed by atoms with Crippen LogP contribution in [0, 0.1) is 13.5 Å². The Morgan fingerprint density at radius 1 is 0.833 bits per heavy atom. The molecule has 0 aliphatic carbocycles. The highest BCUT2D eigenvalue weighted by Gasteiger charge is 2.50. The van der Waals surface area contributed by atoms with Crippen molar-refractivity contribution in [3.63, 3.8) is 0 Å². The summed E-state index contributed by atoms with van der Waals surface area (Å²) in [6, 6.07) is 30.7. The largest absolute Gasteiger partial charge is 0.304 e. The molecule has 1 heterocycles. The van der Waals surface area contributed by atoms with Crippen LogP contribution in [0.2, 0.25) is 0 Å². The fourth-order valence-electron chi connectivity index (χ4n) is 5.08. The van der Waals surface area contributed by atoms with Gasteiger partial charge in [-0.3, -0.25) is 9.69 Å². The first-order chi connectivity index (χ1) is 20.0. The van der Waals surface area contributed by atoms with E-state index in [4.69, 9.17) is 18.8 Å². The minimum Gasteiger partial charge on any atom is -0.304 e. The monoisotopic (exact) mass is 594 g/mol. The molecule has 0 spiro atoms. The molecule has 4 aromatic carbocycles. The lowest BCUT2D eigenvalue weighted by molar-refractivity contribution is -0.120. The van der Waals surface area contributed by atoms with Crippen molar-refractivity contribution in [1.82, 2.24) is 4.31 Å². The Balaban J connectivity index is 1.46. The van der Waals surface area contributed by atoms with Crippen LogP contribution in [-0.2, 0) is 27.9 Å². The third kappa shape index (κ3) is 5.44. The lowest BCUT2D eigenvalue weighted by Crippen LogP contribution is -2.44. The van der Waals surface area contributed by atoms with Gasteiger partial charge in [0.25, 0.3) is 5.91 Å². The maximum atomic E-state index is 13.9. The Hall–Kier alpha value is -4.36. The molecule has 1 fully saturated rings. The molecule has 1 aliphatic rings. The molecule has 1 amide bonds. The first-order valence-electron chi connectivity index (χ1n) is 13.4. The van der Waals surface area contributed by atoms with E-state index in [-0.39, 0.29) is 29.0 Å². The fraction of sp³-hybridized carbons (Fsp3) is 0.182. The molecule has 4 aromatic rings. The quantitative estimate of drug-likeness (QED) is 0.165. The Bertz CT molecular complexity index is 1740. The molecule has 0 saturated carbocycles. The van der Waals surface area contributed by atoms with Crippen LogP contribution < -0.4 is 9.80 Å². The van der Waals surface area contributed by atoms with E-state index in [2.05, 4.69) is 4.85 Å². The highest BCUT2D eigenvalue weighted by molar-refractivity contribution is 7.89. The van der Waals surface area contributed by atoms with Gasteiger partial charge in [-0.1, -0.05) is 66.7 Å². The molecular formula is C33H30N4O3S2. The number of anilines is 2. The molecule has 0 N–H and O–H groups in total. The summed E-state index contributed by atoms with van der Waals surface area (Å²) in [6.45, 7) is 13.1. The summed E-state index contributed by atoms with van der Waals surface area (Å²) in [6.07, 6.45) is 0. The molecule has 1 saturated heterocycles. The van der Waals surface area contributed by atoms with Crippen molar-refractivity contribution in [2.45, 2.75) is 44.3 Å². The minimum absolute atomic E-state index is 0.148. The highest BCUT2D eigenvalue weighted by Crippen LogP contribution is 2.38. The number of sulfonamides is 1. The van der Waals surface area contributed by atoms with Gasteiger partial charge in [-0.05, 0) is 86.1 Å². The van der Waals surface area contributed by atoms with Gasteiger partial charge in [-0.25, -0.2) is 13.3 Å². The van der Waals surface area contributed by atoms with Crippen LogP contribution in [0.3, 0.4) is 0 Å². The predicted molar refractivity (Wildman–Crippen MR) is 170 cm³/mol. The van der Waals surface area contributed by atoms with Crippen LogP contribution in [-0.4, -0.2) is 29.3 Å². The lowest BCUT2D eigenvalue weighted by atomic mass is 10.0. The van der Waals surface area contributed by atoms with Gasteiger partial charge in [0.15, 0.2) is 10.8 Å². The van der Waals surface area contributed by atoms with Crippen LogP contribution in [0.15, 0.2) is 108 Å². The number of hydrogen-bond acceptors (Lipinski definition) is 4. The first kappa shape index (κ1) is 29.1. The number of benzene rings is 4. The highest BCUT2D eigenvalue weighted by atomic mass is 32.2. The van der Waals surface area contributed by atoms with Gasteiger partial charge in [0.1, 0.15) is 5.54 Å². The van der Waals surface area contributed by atoms with Crippen LogP contribution in [0.25, 0.3) is 4.85 Å². The van der Waals surface area contributed by atoms with E-state index in [0.29, 0.717) is 17.1 Å². The number of rotatable bonds is 8.